The number of fused-ring (bicyclic) bond motifs is 1. The van der Waals surface area contributed by atoms with Gasteiger partial charge < -0.3 is 9.47 Å². The molecule has 4 heteroatoms. The monoisotopic (exact) mass is 298 g/mol. The van der Waals surface area contributed by atoms with Gasteiger partial charge in [-0.3, -0.25) is 0 Å². The van der Waals surface area contributed by atoms with E-state index in [0.29, 0.717) is 24.3 Å². The molecule has 0 bridgehead atoms. The predicted octanol–water partition coefficient (Wildman–Crippen LogP) is 3.59. The van der Waals surface area contributed by atoms with E-state index < -0.39 is 11.9 Å². The van der Waals surface area contributed by atoms with E-state index in [1.807, 2.05) is 30.3 Å². The van der Waals surface area contributed by atoms with Crippen molar-refractivity contribution >= 4 is 28.8 Å². The molecule has 0 saturated carbocycles. The van der Waals surface area contributed by atoms with Crippen molar-refractivity contribution in [2.75, 3.05) is 13.2 Å². The molecule has 0 aromatic heterocycles. The van der Waals surface area contributed by atoms with Crippen LogP contribution in [0.2, 0.25) is 0 Å². The van der Waals surface area contributed by atoms with Crippen LogP contribution in [-0.4, -0.2) is 25.2 Å². The van der Waals surface area contributed by atoms with E-state index >= 15 is 0 Å². The highest BCUT2D eigenvalue weighted by molar-refractivity contribution is 6.08. The third-order valence-corrected chi connectivity index (χ3v) is 3.13. The summed E-state index contributed by atoms with van der Waals surface area (Å²) in [5.74, 6) is -0.840. The SMILES string of the molecule is CCOC(=O)/C=C/c1ccc2ccccc2c1C(=O)OCC. The molecule has 0 heterocycles. The number of benzene rings is 2. The van der Waals surface area contributed by atoms with Gasteiger partial charge in [-0.1, -0.05) is 36.4 Å². The fourth-order valence-electron chi connectivity index (χ4n) is 2.21. The van der Waals surface area contributed by atoms with Crippen molar-refractivity contribution in [3.8, 4) is 0 Å². The van der Waals surface area contributed by atoms with E-state index in [-0.39, 0.29) is 0 Å². The first-order valence-corrected chi connectivity index (χ1v) is 7.21. The molecular weight excluding hydrogens is 280 g/mol. The molecule has 2 aromatic rings. The Bertz CT molecular complexity index is 716. The third kappa shape index (κ3) is 3.52. The number of esters is 2. The standard InChI is InChI=1S/C18H18O4/c1-3-21-16(19)12-11-14-10-9-13-7-5-6-8-15(13)17(14)18(20)22-4-2/h5-12H,3-4H2,1-2H3/b12-11+. The van der Waals surface area contributed by atoms with Crippen molar-refractivity contribution in [2.24, 2.45) is 0 Å². The Morgan fingerprint density at radius 2 is 1.73 bits per heavy atom. The molecule has 0 amide bonds. The molecule has 0 aliphatic rings. The zero-order valence-corrected chi connectivity index (χ0v) is 12.7. The summed E-state index contributed by atoms with van der Waals surface area (Å²) in [6, 6.07) is 11.3. The summed E-state index contributed by atoms with van der Waals surface area (Å²) in [5.41, 5.74) is 1.09. The lowest BCUT2D eigenvalue weighted by molar-refractivity contribution is -0.137. The Morgan fingerprint density at radius 1 is 1.00 bits per heavy atom. The summed E-state index contributed by atoms with van der Waals surface area (Å²) < 4.78 is 10.00. The number of hydrogen-bond donors (Lipinski definition) is 0. The molecule has 0 unspecified atom stereocenters. The lowest BCUT2D eigenvalue weighted by Gasteiger charge is -2.09. The first kappa shape index (κ1) is 15.8. The average Bonchev–Trinajstić information content (AvgIpc) is 2.52. The van der Waals surface area contributed by atoms with Gasteiger partial charge in [-0.25, -0.2) is 9.59 Å². The third-order valence-electron chi connectivity index (χ3n) is 3.13. The number of carbonyl (C=O) groups is 2. The number of rotatable bonds is 5. The first-order valence-electron chi connectivity index (χ1n) is 7.21. The molecule has 4 nitrogen and oxygen atoms in total. The van der Waals surface area contributed by atoms with E-state index in [0.717, 1.165) is 10.8 Å². The van der Waals surface area contributed by atoms with Crippen molar-refractivity contribution in [3.63, 3.8) is 0 Å². The Morgan fingerprint density at radius 3 is 2.45 bits per heavy atom. The van der Waals surface area contributed by atoms with Gasteiger partial charge in [0.2, 0.25) is 0 Å². The van der Waals surface area contributed by atoms with Crippen LogP contribution in [0.15, 0.2) is 42.5 Å². The summed E-state index contributed by atoms with van der Waals surface area (Å²) in [4.78, 5) is 23.7. The smallest absolute Gasteiger partial charge is 0.339 e. The van der Waals surface area contributed by atoms with Crippen LogP contribution in [0, 0.1) is 0 Å². The molecule has 114 valence electrons. The minimum absolute atomic E-state index is 0.295. The highest BCUT2D eigenvalue weighted by atomic mass is 16.5. The zero-order chi connectivity index (χ0) is 15.9. The molecule has 0 saturated heterocycles. The second-order valence-corrected chi connectivity index (χ2v) is 4.56. The fourth-order valence-corrected chi connectivity index (χ4v) is 2.21. The van der Waals surface area contributed by atoms with Crippen LogP contribution in [0.4, 0.5) is 0 Å². The maximum absolute atomic E-state index is 12.3. The summed E-state index contributed by atoms with van der Waals surface area (Å²) in [5, 5.41) is 1.74. The van der Waals surface area contributed by atoms with Gasteiger partial charge in [-0.2, -0.15) is 0 Å². The minimum Gasteiger partial charge on any atom is -0.463 e. The zero-order valence-electron chi connectivity index (χ0n) is 12.7. The van der Waals surface area contributed by atoms with Crippen LogP contribution in [0.5, 0.6) is 0 Å². The topological polar surface area (TPSA) is 52.6 Å². The van der Waals surface area contributed by atoms with E-state index in [1.54, 1.807) is 26.0 Å². The van der Waals surface area contributed by atoms with Crippen LogP contribution in [-0.2, 0) is 14.3 Å². The van der Waals surface area contributed by atoms with E-state index in [1.165, 1.54) is 6.08 Å². The lowest BCUT2D eigenvalue weighted by atomic mass is 9.98. The van der Waals surface area contributed by atoms with Crippen molar-refractivity contribution in [3.05, 3.63) is 53.6 Å². The first-order chi connectivity index (χ1) is 10.7. The largest absolute Gasteiger partial charge is 0.463 e. The Labute approximate surface area is 129 Å². The highest BCUT2D eigenvalue weighted by Crippen LogP contribution is 2.24. The molecule has 2 rings (SSSR count). The number of ether oxygens (including phenoxy) is 2. The van der Waals surface area contributed by atoms with Crippen LogP contribution in [0.3, 0.4) is 0 Å². The molecule has 0 aliphatic heterocycles. The molecule has 0 spiro atoms. The minimum atomic E-state index is -0.439. The van der Waals surface area contributed by atoms with Gasteiger partial charge >= 0.3 is 11.9 Å². The van der Waals surface area contributed by atoms with Gasteiger partial charge in [0.05, 0.1) is 18.8 Å². The molecule has 0 N–H and O–H groups in total. The number of hydrogen-bond acceptors (Lipinski definition) is 4. The number of carbonyl (C=O) groups excluding carboxylic acids is 2. The van der Waals surface area contributed by atoms with Crippen LogP contribution < -0.4 is 0 Å². The average molecular weight is 298 g/mol. The maximum Gasteiger partial charge on any atom is 0.339 e. The molecule has 0 radical (unpaired) electrons. The van der Waals surface area contributed by atoms with E-state index in [9.17, 15) is 9.59 Å². The molecule has 2 aromatic carbocycles. The summed E-state index contributed by atoms with van der Waals surface area (Å²) in [6.07, 6.45) is 2.90. The van der Waals surface area contributed by atoms with E-state index in [2.05, 4.69) is 0 Å². The van der Waals surface area contributed by atoms with Crippen LogP contribution in [0.1, 0.15) is 29.8 Å². The molecule has 0 aliphatic carbocycles. The van der Waals surface area contributed by atoms with Crippen molar-refractivity contribution in [1.29, 1.82) is 0 Å². The second-order valence-electron chi connectivity index (χ2n) is 4.56. The fraction of sp³-hybridized carbons (Fsp3) is 0.222. The Kier molecular flexibility index (Phi) is 5.31. The van der Waals surface area contributed by atoms with Crippen molar-refractivity contribution in [2.45, 2.75) is 13.8 Å². The predicted molar refractivity (Wildman–Crippen MR) is 85.6 cm³/mol. The van der Waals surface area contributed by atoms with Crippen molar-refractivity contribution in [1.82, 2.24) is 0 Å². The molecule has 0 fully saturated rings. The van der Waals surface area contributed by atoms with Crippen LogP contribution in [0.25, 0.3) is 16.8 Å². The van der Waals surface area contributed by atoms with Gasteiger partial charge in [0.1, 0.15) is 0 Å². The summed E-state index contributed by atoms with van der Waals surface area (Å²) in [7, 11) is 0. The summed E-state index contributed by atoms with van der Waals surface area (Å²) in [6.45, 7) is 4.11. The summed E-state index contributed by atoms with van der Waals surface area (Å²) >= 11 is 0. The highest BCUT2D eigenvalue weighted by Gasteiger charge is 2.15. The van der Waals surface area contributed by atoms with Gasteiger partial charge in [-0.15, -0.1) is 0 Å². The Balaban J connectivity index is 2.51. The van der Waals surface area contributed by atoms with E-state index in [4.69, 9.17) is 9.47 Å². The molecular formula is C18H18O4. The molecule has 22 heavy (non-hydrogen) atoms. The lowest BCUT2D eigenvalue weighted by Crippen LogP contribution is -2.08. The van der Waals surface area contributed by atoms with Crippen LogP contribution >= 0.6 is 0 Å². The van der Waals surface area contributed by atoms with Crippen molar-refractivity contribution < 1.29 is 19.1 Å². The van der Waals surface area contributed by atoms with Gasteiger partial charge in [0, 0.05) is 6.08 Å². The van der Waals surface area contributed by atoms with Gasteiger partial charge in [0.15, 0.2) is 0 Å². The van der Waals surface area contributed by atoms with Gasteiger partial charge in [0.25, 0.3) is 0 Å². The maximum atomic E-state index is 12.3. The Hall–Kier alpha value is -2.62. The molecule has 0 atom stereocenters. The normalized spacial score (nSPS) is 10.8. The quantitative estimate of drug-likeness (QED) is 0.625. The second kappa shape index (κ2) is 7.41. The van der Waals surface area contributed by atoms with Gasteiger partial charge in [-0.05, 0) is 36.3 Å².